The monoisotopic (exact) mass is 447 g/mol. The summed E-state index contributed by atoms with van der Waals surface area (Å²) in [5.41, 5.74) is 6.72. The van der Waals surface area contributed by atoms with Crippen molar-refractivity contribution in [2.75, 3.05) is 0 Å². The number of nitrogens with zero attached hydrogens (tertiary/aromatic N) is 4. The number of hydrogen-bond donors (Lipinski definition) is 1. The first kappa shape index (κ1) is 21.4. The van der Waals surface area contributed by atoms with Gasteiger partial charge >= 0.3 is 0 Å². The van der Waals surface area contributed by atoms with E-state index in [9.17, 15) is 4.79 Å². The Bertz CT molecular complexity index is 1390. The van der Waals surface area contributed by atoms with Crippen LogP contribution in [0.2, 0.25) is 0 Å². The summed E-state index contributed by atoms with van der Waals surface area (Å²) in [5, 5.41) is 7.54. The molecule has 2 heterocycles. The van der Waals surface area contributed by atoms with Gasteiger partial charge in [0.1, 0.15) is 0 Å². The van der Waals surface area contributed by atoms with E-state index in [1.807, 2.05) is 78.6 Å². The van der Waals surface area contributed by atoms with E-state index >= 15 is 0 Å². The molecule has 0 saturated heterocycles. The fraction of sp³-hybridized carbons (Fsp3) is 0.107. The Morgan fingerprint density at radius 1 is 0.941 bits per heavy atom. The first-order valence-corrected chi connectivity index (χ1v) is 11.2. The van der Waals surface area contributed by atoms with Gasteiger partial charge in [-0.05, 0) is 47.4 Å². The summed E-state index contributed by atoms with van der Waals surface area (Å²) in [5.74, 6) is -0.191. The number of benzene rings is 3. The molecular formula is C28H25N5O. The number of nitrogens with one attached hydrogen (secondary N) is 1. The summed E-state index contributed by atoms with van der Waals surface area (Å²) in [4.78, 5) is 17.0. The van der Waals surface area contributed by atoms with Crippen molar-refractivity contribution in [3.8, 4) is 16.8 Å². The third-order valence-electron chi connectivity index (χ3n) is 5.77. The summed E-state index contributed by atoms with van der Waals surface area (Å²) < 4.78 is 3.83. The van der Waals surface area contributed by atoms with E-state index in [0.717, 1.165) is 34.6 Å². The molecule has 0 saturated carbocycles. The van der Waals surface area contributed by atoms with Crippen LogP contribution in [0.5, 0.6) is 0 Å². The third kappa shape index (κ3) is 4.66. The number of hydrogen-bond acceptors (Lipinski definition) is 3. The van der Waals surface area contributed by atoms with E-state index in [1.54, 1.807) is 10.9 Å². The van der Waals surface area contributed by atoms with Crippen LogP contribution in [-0.4, -0.2) is 25.2 Å². The molecule has 6 heteroatoms. The summed E-state index contributed by atoms with van der Waals surface area (Å²) >= 11 is 0. The fourth-order valence-corrected chi connectivity index (χ4v) is 4.02. The van der Waals surface area contributed by atoms with Crippen molar-refractivity contribution in [3.05, 3.63) is 126 Å². The lowest BCUT2D eigenvalue weighted by atomic mass is 9.98. The van der Waals surface area contributed by atoms with Crippen molar-refractivity contribution in [2.45, 2.75) is 20.0 Å². The molecule has 34 heavy (non-hydrogen) atoms. The highest BCUT2D eigenvalue weighted by molar-refractivity contribution is 5.92. The topological polar surface area (TPSA) is 64.7 Å². The standard InChI is InChI=1S/C28H25N5O/c1-21-17-27(31-33(21)25-8-3-2-4-9-25)28(34)30-18-24-7-5-6-10-26(24)23-13-11-22(12-14-23)19-32-16-15-29-20-32/h2-17,20H,18-19H2,1H3,(H,30,34). The molecule has 168 valence electrons. The number of rotatable bonds is 7. The van der Waals surface area contributed by atoms with Crippen LogP contribution in [0, 0.1) is 6.92 Å². The van der Waals surface area contributed by atoms with Crippen molar-refractivity contribution >= 4 is 5.91 Å². The van der Waals surface area contributed by atoms with Gasteiger partial charge in [-0.15, -0.1) is 0 Å². The minimum atomic E-state index is -0.191. The molecule has 0 aliphatic rings. The van der Waals surface area contributed by atoms with Gasteiger partial charge in [0, 0.05) is 31.2 Å². The van der Waals surface area contributed by atoms with Gasteiger partial charge in [-0.3, -0.25) is 4.79 Å². The highest BCUT2D eigenvalue weighted by atomic mass is 16.1. The van der Waals surface area contributed by atoms with Crippen LogP contribution in [0.25, 0.3) is 16.8 Å². The van der Waals surface area contributed by atoms with Crippen LogP contribution in [0.4, 0.5) is 0 Å². The molecule has 0 bridgehead atoms. The third-order valence-corrected chi connectivity index (χ3v) is 5.77. The van der Waals surface area contributed by atoms with Gasteiger partial charge in [0.15, 0.2) is 5.69 Å². The molecule has 2 aromatic heterocycles. The van der Waals surface area contributed by atoms with Crippen molar-refractivity contribution in [2.24, 2.45) is 0 Å². The molecule has 1 amide bonds. The number of amides is 1. The Morgan fingerprint density at radius 2 is 1.71 bits per heavy atom. The number of imidazole rings is 1. The lowest BCUT2D eigenvalue weighted by Gasteiger charge is -2.11. The molecular weight excluding hydrogens is 422 g/mol. The van der Waals surface area contributed by atoms with Gasteiger partial charge in [-0.25, -0.2) is 9.67 Å². The first-order chi connectivity index (χ1) is 16.7. The van der Waals surface area contributed by atoms with Gasteiger partial charge in [0.05, 0.1) is 12.0 Å². The van der Waals surface area contributed by atoms with E-state index in [2.05, 4.69) is 45.7 Å². The normalized spacial score (nSPS) is 10.9. The Labute approximate surface area is 198 Å². The largest absolute Gasteiger partial charge is 0.347 e. The Hall–Kier alpha value is -4.45. The van der Waals surface area contributed by atoms with E-state index in [-0.39, 0.29) is 5.91 Å². The average molecular weight is 448 g/mol. The number of para-hydroxylation sites is 1. The van der Waals surface area contributed by atoms with Gasteiger partial charge in [-0.1, -0.05) is 66.7 Å². The molecule has 0 aliphatic carbocycles. The Balaban J connectivity index is 1.29. The molecule has 1 N–H and O–H groups in total. The Morgan fingerprint density at radius 3 is 2.47 bits per heavy atom. The second kappa shape index (κ2) is 9.58. The number of carbonyl (C=O) groups excluding carboxylic acids is 1. The van der Waals surface area contributed by atoms with Gasteiger partial charge in [0.2, 0.25) is 0 Å². The van der Waals surface area contributed by atoms with E-state index < -0.39 is 0 Å². The van der Waals surface area contributed by atoms with Gasteiger partial charge in [0.25, 0.3) is 5.91 Å². The predicted octanol–water partition coefficient (Wildman–Crippen LogP) is 5.02. The second-order valence-electron chi connectivity index (χ2n) is 8.19. The van der Waals surface area contributed by atoms with Gasteiger partial charge < -0.3 is 9.88 Å². The lowest BCUT2D eigenvalue weighted by Crippen LogP contribution is -2.23. The van der Waals surface area contributed by atoms with Crippen LogP contribution < -0.4 is 5.32 Å². The van der Waals surface area contributed by atoms with Crippen molar-refractivity contribution in [1.82, 2.24) is 24.6 Å². The van der Waals surface area contributed by atoms with Crippen molar-refractivity contribution in [1.29, 1.82) is 0 Å². The first-order valence-electron chi connectivity index (χ1n) is 11.2. The molecule has 0 aliphatic heterocycles. The van der Waals surface area contributed by atoms with Crippen LogP contribution in [0.3, 0.4) is 0 Å². The van der Waals surface area contributed by atoms with Crippen LogP contribution in [0.15, 0.2) is 104 Å². The predicted molar refractivity (Wildman–Crippen MR) is 133 cm³/mol. The maximum Gasteiger partial charge on any atom is 0.272 e. The zero-order valence-electron chi connectivity index (χ0n) is 18.9. The second-order valence-corrected chi connectivity index (χ2v) is 8.19. The molecule has 6 nitrogen and oxygen atoms in total. The number of aryl methyl sites for hydroxylation is 1. The maximum absolute atomic E-state index is 12.9. The quantitative estimate of drug-likeness (QED) is 0.381. The molecule has 5 aromatic rings. The smallest absolute Gasteiger partial charge is 0.272 e. The van der Waals surface area contributed by atoms with Crippen molar-refractivity contribution in [3.63, 3.8) is 0 Å². The van der Waals surface area contributed by atoms with Crippen molar-refractivity contribution < 1.29 is 4.79 Å². The highest BCUT2D eigenvalue weighted by Gasteiger charge is 2.14. The summed E-state index contributed by atoms with van der Waals surface area (Å²) in [6, 6.07) is 28.3. The molecule has 0 radical (unpaired) electrons. The Kier molecular flexibility index (Phi) is 6.03. The zero-order valence-corrected chi connectivity index (χ0v) is 18.9. The van der Waals surface area contributed by atoms with Crippen LogP contribution in [-0.2, 0) is 13.1 Å². The SMILES string of the molecule is Cc1cc(C(=O)NCc2ccccc2-c2ccc(Cn3ccnc3)cc2)nn1-c1ccccc1. The molecule has 0 spiro atoms. The molecule has 5 rings (SSSR count). The number of carbonyl (C=O) groups is 1. The van der Waals surface area contributed by atoms with Gasteiger partial charge in [-0.2, -0.15) is 5.10 Å². The van der Waals surface area contributed by atoms with E-state index in [4.69, 9.17) is 0 Å². The minimum absolute atomic E-state index is 0.191. The minimum Gasteiger partial charge on any atom is -0.347 e. The van der Waals surface area contributed by atoms with Crippen LogP contribution >= 0.6 is 0 Å². The number of aromatic nitrogens is 4. The van der Waals surface area contributed by atoms with Crippen LogP contribution in [0.1, 0.15) is 27.3 Å². The highest BCUT2D eigenvalue weighted by Crippen LogP contribution is 2.24. The summed E-state index contributed by atoms with van der Waals surface area (Å²) in [6.07, 6.45) is 5.55. The van der Waals surface area contributed by atoms with E-state index in [1.165, 1.54) is 5.56 Å². The lowest BCUT2D eigenvalue weighted by molar-refractivity contribution is 0.0945. The summed E-state index contributed by atoms with van der Waals surface area (Å²) in [6.45, 7) is 3.15. The van der Waals surface area contributed by atoms with E-state index in [0.29, 0.717) is 12.2 Å². The molecule has 0 fully saturated rings. The average Bonchev–Trinajstić information content (AvgIpc) is 3.53. The fourth-order valence-electron chi connectivity index (χ4n) is 4.02. The molecule has 0 atom stereocenters. The maximum atomic E-state index is 12.9. The summed E-state index contributed by atoms with van der Waals surface area (Å²) in [7, 11) is 0. The molecule has 3 aromatic carbocycles. The zero-order chi connectivity index (χ0) is 23.3. The molecule has 0 unspecified atom stereocenters.